The molecule has 4 nitrogen and oxygen atoms in total. The predicted molar refractivity (Wildman–Crippen MR) is 88.7 cm³/mol. The molecule has 0 fully saturated rings. The lowest BCUT2D eigenvalue weighted by molar-refractivity contribution is -0.117. The van der Waals surface area contributed by atoms with Crippen molar-refractivity contribution < 1.29 is 15.1 Å². The number of unbranched alkanes of at least 4 members (excludes halogenated alkanes) is 7. The molecule has 1 atom stereocenters. The van der Waals surface area contributed by atoms with Crippen molar-refractivity contribution in [2.24, 2.45) is 0 Å². The SMILES string of the molecule is CC(=O)CCCCCCCCCCC1C(O)=CC=C(C)N1O. The first kappa shape index (κ1) is 18.8. The van der Waals surface area contributed by atoms with E-state index < -0.39 is 0 Å². The molecule has 0 bridgehead atoms. The zero-order valence-corrected chi connectivity index (χ0v) is 14.1. The quantitative estimate of drug-likeness (QED) is 0.533. The van der Waals surface area contributed by atoms with Crippen molar-refractivity contribution in [3.8, 4) is 0 Å². The third-order valence-electron chi connectivity index (χ3n) is 4.25. The molecule has 0 aliphatic carbocycles. The highest BCUT2D eigenvalue weighted by Gasteiger charge is 2.23. The number of carbonyl (C=O) groups excluding carboxylic acids is 1. The molecule has 0 amide bonds. The van der Waals surface area contributed by atoms with Crippen LogP contribution in [-0.4, -0.2) is 27.2 Å². The lowest BCUT2D eigenvalue weighted by Gasteiger charge is -2.30. The van der Waals surface area contributed by atoms with E-state index in [1.165, 1.54) is 30.7 Å². The fourth-order valence-electron chi connectivity index (χ4n) is 2.81. The minimum atomic E-state index is -0.281. The molecule has 22 heavy (non-hydrogen) atoms. The Morgan fingerprint density at radius 2 is 1.59 bits per heavy atom. The summed E-state index contributed by atoms with van der Waals surface area (Å²) in [6, 6.07) is -0.281. The Morgan fingerprint density at radius 3 is 2.18 bits per heavy atom. The molecule has 0 aromatic carbocycles. The molecule has 0 aromatic heterocycles. The molecule has 1 rings (SSSR count). The summed E-state index contributed by atoms with van der Waals surface area (Å²) < 4.78 is 0. The molecule has 1 heterocycles. The van der Waals surface area contributed by atoms with E-state index in [1.807, 2.05) is 6.92 Å². The van der Waals surface area contributed by atoms with Crippen molar-refractivity contribution in [2.45, 2.75) is 84.1 Å². The van der Waals surface area contributed by atoms with Crippen LogP contribution >= 0.6 is 0 Å². The third kappa shape index (κ3) is 7.12. The van der Waals surface area contributed by atoms with Crippen molar-refractivity contribution in [1.29, 1.82) is 0 Å². The van der Waals surface area contributed by atoms with E-state index in [4.69, 9.17) is 0 Å². The molecule has 0 spiro atoms. The summed E-state index contributed by atoms with van der Waals surface area (Å²) >= 11 is 0. The minimum absolute atomic E-state index is 0.249. The maximum atomic E-state index is 10.8. The molecule has 1 unspecified atom stereocenters. The van der Waals surface area contributed by atoms with Crippen LogP contribution in [0.3, 0.4) is 0 Å². The monoisotopic (exact) mass is 309 g/mol. The summed E-state index contributed by atoms with van der Waals surface area (Å²) in [7, 11) is 0. The first-order chi connectivity index (χ1) is 10.5. The Labute approximate surface area is 134 Å². The molecule has 1 aliphatic heterocycles. The smallest absolute Gasteiger partial charge is 0.129 e. The van der Waals surface area contributed by atoms with Gasteiger partial charge in [0.2, 0.25) is 0 Å². The number of hydrogen-bond donors (Lipinski definition) is 2. The Bertz CT molecular complexity index is 401. The van der Waals surface area contributed by atoms with Crippen molar-refractivity contribution >= 4 is 5.78 Å². The summed E-state index contributed by atoms with van der Waals surface area (Å²) in [6.45, 7) is 3.49. The zero-order valence-electron chi connectivity index (χ0n) is 14.1. The van der Waals surface area contributed by atoms with Crippen LogP contribution in [0, 0.1) is 0 Å². The highest BCUT2D eigenvalue weighted by Crippen LogP contribution is 2.23. The molecule has 4 heteroatoms. The second-order valence-electron chi connectivity index (χ2n) is 6.33. The van der Waals surface area contributed by atoms with Gasteiger partial charge in [0.05, 0.1) is 0 Å². The molecule has 0 saturated heterocycles. The highest BCUT2D eigenvalue weighted by molar-refractivity contribution is 5.75. The number of Topliss-reactive ketones (excluding diaryl/α,β-unsaturated/α-hetero) is 1. The fraction of sp³-hybridized carbons (Fsp3) is 0.722. The van der Waals surface area contributed by atoms with Gasteiger partial charge in [0.15, 0.2) is 0 Å². The van der Waals surface area contributed by atoms with E-state index in [2.05, 4.69) is 0 Å². The van der Waals surface area contributed by atoms with E-state index in [9.17, 15) is 15.1 Å². The topological polar surface area (TPSA) is 60.8 Å². The third-order valence-corrected chi connectivity index (χ3v) is 4.25. The number of rotatable bonds is 11. The molecule has 2 N–H and O–H groups in total. The van der Waals surface area contributed by atoms with Crippen LogP contribution in [0.15, 0.2) is 23.6 Å². The van der Waals surface area contributed by atoms with Crippen LogP contribution in [0.2, 0.25) is 0 Å². The first-order valence-electron chi connectivity index (χ1n) is 8.57. The number of allylic oxidation sites excluding steroid dienone is 3. The lowest BCUT2D eigenvalue weighted by Crippen LogP contribution is -2.34. The van der Waals surface area contributed by atoms with Crippen LogP contribution in [0.5, 0.6) is 0 Å². The Morgan fingerprint density at radius 1 is 1.05 bits per heavy atom. The Hall–Kier alpha value is -1.29. The molecule has 0 aromatic rings. The van der Waals surface area contributed by atoms with E-state index in [-0.39, 0.29) is 11.8 Å². The number of hydrogen-bond acceptors (Lipinski definition) is 4. The number of nitrogens with zero attached hydrogens (tertiary/aromatic N) is 1. The average Bonchev–Trinajstić information content (AvgIpc) is 2.48. The first-order valence-corrected chi connectivity index (χ1v) is 8.57. The summed E-state index contributed by atoms with van der Waals surface area (Å²) in [5, 5.41) is 20.9. The van der Waals surface area contributed by atoms with Crippen molar-refractivity contribution in [2.75, 3.05) is 0 Å². The van der Waals surface area contributed by atoms with Gasteiger partial charge in [0.25, 0.3) is 0 Å². The Kier molecular flexibility index (Phi) is 8.90. The van der Waals surface area contributed by atoms with Crippen LogP contribution in [0.1, 0.15) is 78.1 Å². The van der Waals surface area contributed by atoms with E-state index in [0.717, 1.165) is 44.2 Å². The van der Waals surface area contributed by atoms with Crippen LogP contribution < -0.4 is 0 Å². The van der Waals surface area contributed by atoms with Crippen LogP contribution in [-0.2, 0) is 4.79 Å². The van der Waals surface area contributed by atoms with Gasteiger partial charge in [-0.2, -0.15) is 0 Å². The molecular formula is C18H31NO3. The molecule has 0 saturated carbocycles. The van der Waals surface area contributed by atoms with Crippen LogP contribution in [0.4, 0.5) is 0 Å². The fourth-order valence-corrected chi connectivity index (χ4v) is 2.81. The second kappa shape index (κ2) is 10.4. The van der Waals surface area contributed by atoms with Crippen molar-refractivity contribution in [3.63, 3.8) is 0 Å². The zero-order chi connectivity index (χ0) is 16.4. The van der Waals surface area contributed by atoms with Crippen LogP contribution in [0.25, 0.3) is 0 Å². The lowest BCUT2D eigenvalue weighted by atomic mass is 10.0. The number of hydroxylamine groups is 2. The molecular weight excluding hydrogens is 278 g/mol. The largest absolute Gasteiger partial charge is 0.510 e. The summed E-state index contributed by atoms with van der Waals surface area (Å²) in [5.41, 5.74) is 0.772. The predicted octanol–water partition coefficient (Wildman–Crippen LogP) is 4.90. The van der Waals surface area contributed by atoms with Gasteiger partial charge < -0.3 is 9.90 Å². The normalized spacial score (nSPS) is 18.1. The number of aliphatic hydroxyl groups is 1. The maximum absolute atomic E-state index is 10.8. The standard InChI is InChI=1S/C18H31NO3/c1-15-13-14-18(21)17(19(15)22)12-10-8-6-4-3-5-7-9-11-16(2)20/h13-14,17,21-22H,3-12H2,1-2H3. The van der Waals surface area contributed by atoms with E-state index in [1.54, 1.807) is 19.1 Å². The maximum Gasteiger partial charge on any atom is 0.129 e. The van der Waals surface area contributed by atoms with E-state index in [0.29, 0.717) is 5.78 Å². The second-order valence-corrected chi connectivity index (χ2v) is 6.33. The number of ketones is 1. The molecule has 126 valence electrons. The van der Waals surface area contributed by atoms with E-state index >= 15 is 0 Å². The van der Waals surface area contributed by atoms with Gasteiger partial charge in [-0.3, -0.25) is 10.3 Å². The van der Waals surface area contributed by atoms with Crippen molar-refractivity contribution in [1.82, 2.24) is 5.06 Å². The van der Waals surface area contributed by atoms with Gasteiger partial charge in [-0.1, -0.05) is 44.9 Å². The van der Waals surface area contributed by atoms with Gasteiger partial charge in [-0.25, -0.2) is 0 Å². The minimum Gasteiger partial charge on any atom is -0.510 e. The summed E-state index contributed by atoms with van der Waals surface area (Å²) in [5.74, 6) is 0.543. The highest BCUT2D eigenvalue weighted by atomic mass is 16.5. The summed E-state index contributed by atoms with van der Waals surface area (Å²) in [4.78, 5) is 10.8. The van der Waals surface area contributed by atoms with Gasteiger partial charge in [0, 0.05) is 12.1 Å². The van der Waals surface area contributed by atoms with Gasteiger partial charge in [0.1, 0.15) is 17.6 Å². The number of carbonyl (C=O) groups is 1. The average molecular weight is 309 g/mol. The molecule has 0 radical (unpaired) electrons. The van der Waals surface area contributed by atoms with Gasteiger partial charge in [-0.15, -0.1) is 0 Å². The Balaban J connectivity index is 1.99. The molecule has 1 aliphatic rings. The summed E-state index contributed by atoms with van der Waals surface area (Å²) in [6.07, 6.45) is 14.1. The van der Waals surface area contributed by atoms with Gasteiger partial charge >= 0.3 is 0 Å². The van der Waals surface area contributed by atoms with Gasteiger partial charge in [-0.05, 0) is 38.8 Å². The number of aliphatic hydroxyl groups excluding tert-OH is 1. The van der Waals surface area contributed by atoms with Crippen molar-refractivity contribution in [3.05, 3.63) is 23.6 Å².